The smallest absolute Gasteiger partial charge is 0.122 e. The van der Waals surface area contributed by atoms with Gasteiger partial charge in [0.2, 0.25) is 0 Å². The molecule has 0 fully saturated rings. The molecule has 1 aromatic carbocycles. The molecule has 2 N–H and O–H groups in total. The zero-order valence-corrected chi connectivity index (χ0v) is 11.3. The predicted molar refractivity (Wildman–Crippen MR) is 72.7 cm³/mol. The molecule has 0 bridgehead atoms. The molecule has 90 valence electrons. The normalized spacial score (nSPS) is 10.6. The summed E-state index contributed by atoms with van der Waals surface area (Å²) in [6.07, 6.45) is 0. The van der Waals surface area contributed by atoms with Crippen molar-refractivity contribution in [1.82, 2.24) is 4.98 Å². The predicted octanol–water partition coefficient (Wildman–Crippen LogP) is 3.33. The van der Waals surface area contributed by atoms with E-state index in [4.69, 9.17) is 10.5 Å². The number of aromatic nitrogens is 1. The highest BCUT2D eigenvalue weighted by molar-refractivity contribution is 7.16. The lowest BCUT2D eigenvalue weighted by Crippen LogP contribution is -1.94. The van der Waals surface area contributed by atoms with Crippen LogP contribution in [0.4, 0.5) is 5.00 Å². The number of ether oxygens (including phenoxy) is 1. The molecule has 0 saturated heterocycles. The number of nitrogens with zero attached hydrogens (tertiary/aromatic N) is 1. The SMILES string of the molecule is COc1ccc(-c2nc(C)sc2N)c(C)c1C. The van der Waals surface area contributed by atoms with Crippen LogP contribution in [-0.4, -0.2) is 12.1 Å². The van der Waals surface area contributed by atoms with Gasteiger partial charge in [-0.1, -0.05) is 0 Å². The summed E-state index contributed by atoms with van der Waals surface area (Å²) in [7, 11) is 1.68. The van der Waals surface area contributed by atoms with Crippen LogP contribution in [-0.2, 0) is 0 Å². The lowest BCUT2D eigenvalue weighted by atomic mass is 10.0. The second kappa shape index (κ2) is 4.37. The molecule has 2 rings (SSSR count). The molecule has 0 aliphatic rings. The molecule has 0 radical (unpaired) electrons. The van der Waals surface area contributed by atoms with E-state index in [1.807, 2.05) is 26.0 Å². The molecule has 0 amide bonds. The Hall–Kier alpha value is -1.55. The maximum atomic E-state index is 5.99. The van der Waals surface area contributed by atoms with Crippen molar-refractivity contribution in [3.63, 3.8) is 0 Å². The Morgan fingerprint density at radius 3 is 2.41 bits per heavy atom. The van der Waals surface area contributed by atoms with Crippen molar-refractivity contribution < 1.29 is 4.74 Å². The lowest BCUT2D eigenvalue weighted by Gasteiger charge is -2.11. The number of anilines is 1. The van der Waals surface area contributed by atoms with Crippen LogP contribution in [0.15, 0.2) is 12.1 Å². The summed E-state index contributed by atoms with van der Waals surface area (Å²) in [6.45, 7) is 6.09. The van der Waals surface area contributed by atoms with Crippen molar-refractivity contribution >= 4 is 16.3 Å². The topological polar surface area (TPSA) is 48.1 Å². The summed E-state index contributed by atoms with van der Waals surface area (Å²) in [5.74, 6) is 0.900. The van der Waals surface area contributed by atoms with E-state index >= 15 is 0 Å². The van der Waals surface area contributed by atoms with Crippen molar-refractivity contribution in [3.05, 3.63) is 28.3 Å². The Balaban J connectivity index is 2.61. The number of thiazole rings is 1. The van der Waals surface area contributed by atoms with Gasteiger partial charge in [-0.3, -0.25) is 0 Å². The summed E-state index contributed by atoms with van der Waals surface area (Å²) in [5.41, 5.74) is 10.3. The quantitative estimate of drug-likeness (QED) is 0.886. The third-order valence-electron chi connectivity index (χ3n) is 2.97. The van der Waals surface area contributed by atoms with Crippen LogP contribution in [0.2, 0.25) is 0 Å². The number of hydrogen-bond donors (Lipinski definition) is 1. The van der Waals surface area contributed by atoms with Gasteiger partial charge >= 0.3 is 0 Å². The van der Waals surface area contributed by atoms with Gasteiger partial charge in [0, 0.05) is 5.56 Å². The van der Waals surface area contributed by atoms with Gasteiger partial charge < -0.3 is 10.5 Å². The molecule has 0 saturated carbocycles. The molecular formula is C13H16N2OS. The highest BCUT2D eigenvalue weighted by Gasteiger charge is 2.13. The van der Waals surface area contributed by atoms with Gasteiger partial charge in [-0.25, -0.2) is 4.98 Å². The minimum atomic E-state index is 0.773. The summed E-state index contributed by atoms with van der Waals surface area (Å²) >= 11 is 1.52. The van der Waals surface area contributed by atoms with Crippen LogP contribution in [0.25, 0.3) is 11.3 Å². The van der Waals surface area contributed by atoms with Gasteiger partial charge in [0.05, 0.1) is 12.1 Å². The summed E-state index contributed by atoms with van der Waals surface area (Å²) in [5, 5.41) is 1.76. The van der Waals surface area contributed by atoms with E-state index in [0.29, 0.717) is 0 Å². The van der Waals surface area contributed by atoms with Gasteiger partial charge in [-0.05, 0) is 44.0 Å². The molecule has 0 atom stereocenters. The zero-order chi connectivity index (χ0) is 12.6. The van der Waals surface area contributed by atoms with Crippen molar-refractivity contribution in [1.29, 1.82) is 0 Å². The Bertz CT molecular complexity index is 561. The van der Waals surface area contributed by atoms with Gasteiger partial charge in [-0.2, -0.15) is 0 Å². The van der Waals surface area contributed by atoms with Crippen LogP contribution in [0, 0.1) is 20.8 Å². The van der Waals surface area contributed by atoms with Crippen LogP contribution in [0.3, 0.4) is 0 Å². The highest BCUT2D eigenvalue weighted by atomic mass is 32.1. The van der Waals surface area contributed by atoms with E-state index < -0.39 is 0 Å². The number of nitrogens with two attached hydrogens (primary N) is 1. The Kier molecular flexibility index (Phi) is 3.07. The molecule has 0 aliphatic heterocycles. The molecule has 0 unspecified atom stereocenters. The first-order chi connectivity index (χ1) is 8.04. The molecule has 0 aliphatic carbocycles. The highest BCUT2D eigenvalue weighted by Crippen LogP contribution is 2.35. The number of rotatable bonds is 2. The van der Waals surface area contributed by atoms with Crippen LogP contribution in [0.1, 0.15) is 16.1 Å². The number of methoxy groups -OCH3 is 1. The summed E-state index contributed by atoms with van der Waals surface area (Å²) < 4.78 is 5.30. The Morgan fingerprint density at radius 2 is 1.88 bits per heavy atom. The van der Waals surface area contributed by atoms with Crippen molar-refractivity contribution in [3.8, 4) is 17.0 Å². The second-order valence-electron chi connectivity index (χ2n) is 4.01. The van der Waals surface area contributed by atoms with Crippen molar-refractivity contribution in [2.45, 2.75) is 20.8 Å². The molecular weight excluding hydrogens is 232 g/mol. The van der Waals surface area contributed by atoms with Crippen LogP contribution >= 0.6 is 11.3 Å². The monoisotopic (exact) mass is 248 g/mol. The maximum Gasteiger partial charge on any atom is 0.122 e. The number of hydrogen-bond acceptors (Lipinski definition) is 4. The molecule has 0 spiro atoms. The van der Waals surface area contributed by atoms with E-state index in [-0.39, 0.29) is 0 Å². The number of benzene rings is 1. The number of aryl methyl sites for hydroxylation is 1. The second-order valence-corrected chi connectivity index (χ2v) is 5.25. The molecule has 3 nitrogen and oxygen atoms in total. The average molecular weight is 248 g/mol. The number of nitrogen functional groups attached to an aromatic ring is 1. The fraction of sp³-hybridized carbons (Fsp3) is 0.308. The Morgan fingerprint density at radius 1 is 1.18 bits per heavy atom. The molecule has 17 heavy (non-hydrogen) atoms. The van der Waals surface area contributed by atoms with Crippen molar-refractivity contribution in [2.24, 2.45) is 0 Å². The minimum Gasteiger partial charge on any atom is -0.496 e. The summed E-state index contributed by atoms with van der Waals surface area (Å²) in [4.78, 5) is 4.49. The standard InChI is InChI=1S/C13H16N2OS/c1-7-8(2)11(16-4)6-5-10(7)12-13(14)17-9(3)15-12/h5-6H,14H2,1-4H3. The molecule has 1 heterocycles. The zero-order valence-electron chi connectivity index (χ0n) is 10.5. The van der Waals surface area contributed by atoms with E-state index in [1.165, 1.54) is 16.9 Å². The van der Waals surface area contributed by atoms with Gasteiger partial charge in [0.25, 0.3) is 0 Å². The largest absolute Gasteiger partial charge is 0.496 e. The first kappa shape index (κ1) is 11.9. The molecule has 1 aromatic heterocycles. The van der Waals surface area contributed by atoms with Crippen molar-refractivity contribution in [2.75, 3.05) is 12.8 Å². The fourth-order valence-electron chi connectivity index (χ4n) is 1.91. The first-order valence-corrected chi connectivity index (χ1v) is 6.23. The van der Waals surface area contributed by atoms with Gasteiger partial charge in [0.1, 0.15) is 16.4 Å². The van der Waals surface area contributed by atoms with Crippen LogP contribution < -0.4 is 10.5 Å². The minimum absolute atomic E-state index is 0.773. The van der Waals surface area contributed by atoms with E-state index in [9.17, 15) is 0 Å². The fourth-order valence-corrected chi connectivity index (χ4v) is 2.62. The Labute approximate surface area is 105 Å². The van der Waals surface area contributed by atoms with Crippen LogP contribution in [0.5, 0.6) is 5.75 Å². The van der Waals surface area contributed by atoms with E-state index in [2.05, 4.69) is 11.9 Å². The molecule has 4 heteroatoms. The third-order valence-corrected chi connectivity index (χ3v) is 3.77. The van der Waals surface area contributed by atoms with Gasteiger partial charge in [0.15, 0.2) is 0 Å². The summed E-state index contributed by atoms with van der Waals surface area (Å²) in [6, 6.07) is 3.98. The lowest BCUT2D eigenvalue weighted by molar-refractivity contribution is 0.411. The third kappa shape index (κ3) is 2.00. The maximum absolute atomic E-state index is 5.99. The van der Waals surface area contributed by atoms with E-state index in [0.717, 1.165) is 32.6 Å². The molecule has 2 aromatic rings. The average Bonchev–Trinajstić information content (AvgIpc) is 2.62. The van der Waals surface area contributed by atoms with Gasteiger partial charge in [-0.15, -0.1) is 11.3 Å². The first-order valence-electron chi connectivity index (χ1n) is 5.42. The van der Waals surface area contributed by atoms with E-state index in [1.54, 1.807) is 7.11 Å².